The summed E-state index contributed by atoms with van der Waals surface area (Å²) in [6.07, 6.45) is 6.91. The summed E-state index contributed by atoms with van der Waals surface area (Å²) in [6.45, 7) is 1.98. The molecule has 1 aliphatic rings. The van der Waals surface area contributed by atoms with Crippen LogP contribution in [0.3, 0.4) is 0 Å². The number of hydrogen-bond acceptors (Lipinski definition) is 6. The molecule has 1 fully saturated rings. The van der Waals surface area contributed by atoms with Crippen LogP contribution in [0, 0.1) is 10.1 Å². The number of nitro benzene ring substituents is 1. The molecule has 0 saturated heterocycles. The predicted octanol–water partition coefficient (Wildman–Crippen LogP) is 3.88. The lowest BCUT2D eigenvalue weighted by Gasteiger charge is -2.12. The Labute approximate surface area is 146 Å². The van der Waals surface area contributed by atoms with E-state index in [1.54, 1.807) is 25.1 Å². The van der Waals surface area contributed by atoms with Gasteiger partial charge >= 0.3 is 5.97 Å². The predicted molar refractivity (Wildman–Crippen MR) is 94.2 cm³/mol. The Morgan fingerprint density at radius 2 is 1.92 bits per heavy atom. The summed E-state index contributed by atoms with van der Waals surface area (Å²) in [5.74, 6) is -0.482. The number of benzene rings is 1. The number of oxime groups is 1. The summed E-state index contributed by atoms with van der Waals surface area (Å²) in [5.41, 5.74) is 1.98. The summed E-state index contributed by atoms with van der Waals surface area (Å²) >= 11 is 0. The maximum atomic E-state index is 12.1. The topological polar surface area (TPSA) is 91.0 Å². The molecule has 0 amide bonds. The Hall–Kier alpha value is -2.70. The SMILES string of the molecule is CCOC(=O)/C(=C\c1ccc([N+](=O)[O-])cc1)CON=C1CCCCC1. The second kappa shape index (κ2) is 9.56. The van der Waals surface area contributed by atoms with Crippen LogP contribution in [-0.2, 0) is 14.4 Å². The molecule has 0 atom stereocenters. The van der Waals surface area contributed by atoms with E-state index in [0.29, 0.717) is 11.1 Å². The van der Waals surface area contributed by atoms with Crippen molar-refractivity contribution in [2.24, 2.45) is 5.16 Å². The van der Waals surface area contributed by atoms with E-state index < -0.39 is 10.9 Å². The van der Waals surface area contributed by atoms with Crippen molar-refractivity contribution in [3.05, 3.63) is 45.5 Å². The van der Waals surface area contributed by atoms with Crippen molar-refractivity contribution in [1.82, 2.24) is 0 Å². The normalized spacial score (nSPS) is 14.8. The second-order valence-corrected chi connectivity index (χ2v) is 5.73. The van der Waals surface area contributed by atoms with Crippen LogP contribution in [0.1, 0.15) is 44.6 Å². The number of nitrogens with zero attached hydrogens (tertiary/aromatic N) is 2. The van der Waals surface area contributed by atoms with Crippen LogP contribution in [0.15, 0.2) is 35.0 Å². The van der Waals surface area contributed by atoms with Gasteiger partial charge in [0.1, 0.15) is 6.61 Å². The van der Waals surface area contributed by atoms with Gasteiger partial charge < -0.3 is 9.57 Å². The third-order valence-electron chi connectivity index (χ3n) is 3.83. The molecule has 2 rings (SSSR count). The number of nitro groups is 1. The maximum Gasteiger partial charge on any atom is 0.337 e. The molecular weight excluding hydrogens is 324 g/mol. The zero-order valence-electron chi connectivity index (χ0n) is 14.3. The van der Waals surface area contributed by atoms with Gasteiger partial charge in [-0.15, -0.1) is 0 Å². The van der Waals surface area contributed by atoms with E-state index in [1.165, 1.54) is 18.6 Å². The van der Waals surface area contributed by atoms with Crippen molar-refractivity contribution in [2.45, 2.75) is 39.0 Å². The van der Waals surface area contributed by atoms with E-state index in [1.807, 2.05) is 0 Å². The summed E-state index contributed by atoms with van der Waals surface area (Å²) in [4.78, 5) is 27.7. The van der Waals surface area contributed by atoms with E-state index in [4.69, 9.17) is 9.57 Å². The first kappa shape index (κ1) is 18.6. The van der Waals surface area contributed by atoms with E-state index >= 15 is 0 Å². The largest absolute Gasteiger partial charge is 0.463 e. The molecule has 7 heteroatoms. The molecule has 1 aromatic rings. The van der Waals surface area contributed by atoms with Crippen molar-refractivity contribution < 1.29 is 19.3 Å². The van der Waals surface area contributed by atoms with Crippen molar-refractivity contribution in [1.29, 1.82) is 0 Å². The Morgan fingerprint density at radius 1 is 1.24 bits per heavy atom. The van der Waals surface area contributed by atoms with Gasteiger partial charge in [-0.2, -0.15) is 0 Å². The van der Waals surface area contributed by atoms with Gasteiger partial charge in [-0.1, -0.05) is 11.6 Å². The van der Waals surface area contributed by atoms with Gasteiger partial charge in [0.05, 0.1) is 22.8 Å². The van der Waals surface area contributed by atoms with Crippen LogP contribution in [0.5, 0.6) is 0 Å². The molecule has 0 spiro atoms. The van der Waals surface area contributed by atoms with Crippen LogP contribution in [0.4, 0.5) is 5.69 Å². The number of esters is 1. The van der Waals surface area contributed by atoms with Gasteiger partial charge in [0.2, 0.25) is 0 Å². The van der Waals surface area contributed by atoms with Crippen molar-refractivity contribution in [2.75, 3.05) is 13.2 Å². The minimum Gasteiger partial charge on any atom is -0.463 e. The highest BCUT2D eigenvalue weighted by Crippen LogP contribution is 2.17. The lowest BCUT2D eigenvalue weighted by molar-refractivity contribution is -0.384. The van der Waals surface area contributed by atoms with Crippen molar-refractivity contribution >= 4 is 23.4 Å². The quantitative estimate of drug-likeness (QED) is 0.323. The first-order chi connectivity index (χ1) is 12.1. The Kier molecular flexibility index (Phi) is 7.13. The molecule has 0 aliphatic heterocycles. The maximum absolute atomic E-state index is 12.1. The molecule has 0 N–H and O–H groups in total. The molecule has 1 aromatic carbocycles. The number of rotatable bonds is 7. The van der Waals surface area contributed by atoms with Gasteiger partial charge in [-0.05, 0) is 56.4 Å². The fourth-order valence-electron chi connectivity index (χ4n) is 2.52. The van der Waals surface area contributed by atoms with Crippen LogP contribution >= 0.6 is 0 Å². The Bertz CT molecular complexity index is 657. The molecule has 1 aliphatic carbocycles. The molecule has 0 unspecified atom stereocenters. The average Bonchev–Trinajstić information content (AvgIpc) is 2.62. The average molecular weight is 346 g/mol. The monoisotopic (exact) mass is 346 g/mol. The Morgan fingerprint density at radius 3 is 2.52 bits per heavy atom. The summed E-state index contributed by atoms with van der Waals surface area (Å²) in [6, 6.07) is 5.92. The van der Waals surface area contributed by atoms with Gasteiger partial charge in [0.25, 0.3) is 5.69 Å². The highest BCUT2D eigenvalue weighted by molar-refractivity contribution is 5.94. The third kappa shape index (κ3) is 6.02. The van der Waals surface area contributed by atoms with Gasteiger partial charge in [-0.25, -0.2) is 4.79 Å². The minimum absolute atomic E-state index is 0.000674. The number of carbonyl (C=O) groups is 1. The molecule has 134 valence electrons. The van der Waals surface area contributed by atoms with Crippen LogP contribution in [0.25, 0.3) is 6.08 Å². The van der Waals surface area contributed by atoms with Crippen molar-refractivity contribution in [3.8, 4) is 0 Å². The molecule has 0 heterocycles. The summed E-state index contributed by atoms with van der Waals surface area (Å²) in [7, 11) is 0. The molecule has 0 aromatic heterocycles. The lowest BCUT2D eigenvalue weighted by Crippen LogP contribution is -2.12. The first-order valence-electron chi connectivity index (χ1n) is 8.40. The van der Waals surface area contributed by atoms with Crippen LogP contribution < -0.4 is 0 Å². The fourth-order valence-corrected chi connectivity index (χ4v) is 2.52. The molecule has 0 radical (unpaired) electrons. The fraction of sp³-hybridized carbons (Fsp3) is 0.444. The summed E-state index contributed by atoms with van der Waals surface area (Å²) < 4.78 is 5.04. The highest BCUT2D eigenvalue weighted by Gasteiger charge is 2.13. The molecular formula is C18H22N2O5. The van der Waals surface area contributed by atoms with Crippen LogP contribution in [-0.4, -0.2) is 29.8 Å². The van der Waals surface area contributed by atoms with Gasteiger partial charge in [0.15, 0.2) is 0 Å². The summed E-state index contributed by atoms with van der Waals surface area (Å²) in [5, 5.41) is 14.8. The van der Waals surface area contributed by atoms with E-state index in [-0.39, 0.29) is 18.9 Å². The van der Waals surface area contributed by atoms with E-state index in [9.17, 15) is 14.9 Å². The zero-order chi connectivity index (χ0) is 18.1. The second-order valence-electron chi connectivity index (χ2n) is 5.73. The number of ether oxygens (including phenoxy) is 1. The molecule has 1 saturated carbocycles. The third-order valence-corrected chi connectivity index (χ3v) is 3.83. The number of non-ortho nitro benzene ring substituents is 1. The first-order valence-corrected chi connectivity index (χ1v) is 8.40. The molecule has 25 heavy (non-hydrogen) atoms. The Balaban J connectivity index is 2.08. The smallest absolute Gasteiger partial charge is 0.337 e. The molecule has 7 nitrogen and oxygen atoms in total. The lowest BCUT2D eigenvalue weighted by atomic mass is 9.99. The van der Waals surface area contributed by atoms with E-state index in [2.05, 4.69) is 5.16 Å². The standard InChI is InChI=1S/C18H22N2O5/c1-2-24-18(21)15(13-25-19-16-6-4-3-5-7-16)12-14-8-10-17(11-9-14)20(22)23/h8-12H,2-7,13H2,1H3/b15-12-. The molecule has 0 bridgehead atoms. The number of hydrogen-bond donors (Lipinski definition) is 0. The highest BCUT2D eigenvalue weighted by atomic mass is 16.6. The van der Waals surface area contributed by atoms with E-state index in [0.717, 1.165) is 31.4 Å². The number of carbonyl (C=O) groups excluding carboxylic acids is 1. The van der Waals surface area contributed by atoms with Crippen LogP contribution in [0.2, 0.25) is 0 Å². The van der Waals surface area contributed by atoms with Crippen molar-refractivity contribution in [3.63, 3.8) is 0 Å². The van der Waals surface area contributed by atoms with Gasteiger partial charge in [-0.3, -0.25) is 10.1 Å². The van der Waals surface area contributed by atoms with Gasteiger partial charge in [0, 0.05) is 12.1 Å². The minimum atomic E-state index is -0.482. The zero-order valence-corrected chi connectivity index (χ0v) is 14.3.